The number of nitrogen functional groups attached to an aromatic ring is 1. The third-order valence-electron chi connectivity index (χ3n) is 2.99. The largest absolute Gasteiger partial charge is 0.382 e. The van der Waals surface area contributed by atoms with E-state index in [-0.39, 0.29) is 5.82 Å². The van der Waals surface area contributed by atoms with Crippen molar-refractivity contribution in [1.82, 2.24) is 4.37 Å². The van der Waals surface area contributed by atoms with Gasteiger partial charge in [-0.3, -0.25) is 4.79 Å². The van der Waals surface area contributed by atoms with E-state index in [4.69, 9.17) is 11.5 Å². The van der Waals surface area contributed by atoms with Crippen LogP contribution in [0.2, 0.25) is 0 Å². The second-order valence-corrected chi connectivity index (χ2v) is 5.17. The van der Waals surface area contributed by atoms with Crippen LogP contribution >= 0.6 is 11.5 Å². The Morgan fingerprint density at radius 2 is 2.31 bits per heavy atom. The van der Waals surface area contributed by atoms with Crippen molar-refractivity contribution < 1.29 is 4.79 Å². The highest BCUT2D eigenvalue weighted by molar-refractivity contribution is 7.11. The van der Waals surface area contributed by atoms with Crippen molar-refractivity contribution in [2.24, 2.45) is 11.7 Å². The minimum Gasteiger partial charge on any atom is -0.382 e. The number of amides is 1. The maximum atomic E-state index is 11.2. The summed E-state index contributed by atoms with van der Waals surface area (Å²) in [6.07, 6.45) is 3.46. The highest BCUT2D eigenvalue weighted by atomic mass is 32.1. The Morgan fingerprint density at radius 1 is 1.56 bits per heavy atom. The fraction of sp³-hybridized carbons (Fsp3) is 0.600. The molecule has 0 aliphatic heterocycles. The third kappa shape index (κ3) is 2.11. The summed E-state index contributed by atoms with van der Waals surface area (Å²) >= 11 is 1.21. The molecule has 2 atom stereocenters. The van der Waals surface area contributed by atoms with Crippen LogP contribution in [0.4, 0.5) is 10.8 Å². The van der Waals surface area contributed by atoms with Crippen molar-refractivity contribution in [3.63, 3.8) is 0 Å². The summed E-state index contributed by atoms with van der Waals surface area (Å²) in [5.41, 5.74) is 11.2. The van der Waals surface area contributed by atoms with E-state index in [0.717, 1.165) is 18.8 Å². The van der Waals surface area contributed by atoms with Crippen LogP contribution in [-0.4, -0.2) is 16.3 Å². The zero-order valence-electron chi connectivity index (χ0n) is 9.19. The summed E-state index contributed by atoms with van der Waals surface area (Å²) in [7, 11) is 0. The van der Waals surface area contributed by atoms with Crippen LogP contribution in [-0.2, 0) is 0 Å². The average Bonchev–Trinajstić information content (AvgIpc) is 2.74. The predicted octanol–water partition coefficient (Wildman–Crippen LogP) is 1.42. The molecule has 2 rings (SSSR count). The molecule has 0 spiro atoms. The molecule has 0 aromatic carbocycles. The van der Waals surface area contributed by atoms with Crippen LogP contribution in [0.1, 0.15) is 36.5 Å². The number of rotatable bonds is 3. The molecular weight excluding hydrogens is 224 g/mol. The molecule has 88 valence electrons. The van der Waals surface area contributed by atoms with Gasteiger partial charge >= 0.3 is 0 Å². The Kier molecular flexibility index (Phi) is 3.00. The summed E-state index contributed by atoms with van der Waals surface area (Å²) in [4.78, 5) is 11.2. The number of carbonyl (C=O) groups is 1. The van der Waals surface area contributed by atoms with Crippen molar-refractivity contribution in [2.45, 2.75) is 32.2 Å². The van der Waals surface area contributed by atoms with Crippen LogP contribution in [0.3, 0.4) is 0 Å². The minimum absolute atomic E-state index is 0.228. The lowest BCUT2D eigenvalue weighted by molar-refractivity contribution is 0.100. The van der Waals surface area contributed by atoms with Gasteiger partial charge in [-0.05, 0) is 36.7 Å². The topological polar surface area (TPSA) is 94.0 Å². The average molecular weight is 240 g/mol. The fourth-order valence-electron chi connectivity index (χ4n) is 2.16. The van der Waals surface area contributed by atoms with Gasteiger partial charge in [0.1, 0.15) is 10.6 Å². The van der Waals surface area contributed by atoms with E-state index in [2.05, 4.69) is 16.6 Å². The molecule has 2 unspecified atom stereocenters. The molecule has 0 saturated heterocycles. The molecule has 5 N–H and O–H groups in total. The number of primary amides is 1. The Labute approximate surface area is 98.4 Å². The van der Waals surface area contributed by atoms with E-state index >= 15 is 0 Å². The molecule has 1 aromatic rings. The van der Waals surface area contributed by atoms with Crippen molar-refractivity contribution in [1.29, 1.82) is 0 Å². The maximum Gasteiger partial charge on any atom is 0.255 e. The summed E-state index contributed by atoms with van der Waals surface area (Å²) in [6.45, 7) is 2.23. The molecule has 1 heterocycles. The van der Waals surface area contributed by atoms with E-state index in [0.29, 0.717) is 16.6 Å². The fourth-order valence-corrected chi connectivity index (χ4v) is 2.96. The molecular formula is C10H16N4OS. The number of nitrogens with one attached hydrogen (secondary N) is 1. The maximum absolute atomic E-state index is 11.2. The lowest BCUT2D eigenvalue weighted by Crippen LogP contribution is -2.19. The molecule has 1 aliphatic rings. The quantitative estimate of drug-likeness (QED) is 0.744. The monoisotopic (exact) mass is 240 g/mol. The van der Waals surface area contributed by atoms with Gasteiger partial charge < -0.3 is 16.8 Å². The summed E-state index contributed by atoms with van der Waals surface area (Å²) in [5.74, 6) is 0.450. The van der Waals surface area contributed by atoms with Gasteiger partial charge in [-0.15, -0.1) is 0 Å². The predicted molar refractivity (Wildman–Crippen MR) is 65.5 cm³/mol. The molecule has 0 bridgehead atoms. The van der Waals surface area contributed by atoms with Crippen LogP contribution < -0.4 is 16.8 Å². The summed E-state index contributed by atoms with van der Waals surface area (Å²) < 4.78 is 3.96. The zero-order valence-corrected chi connectivity index (χ0v) is 10.0. The Balaban J connectivity index is 2.12. The van der Waals surface area contributed by atoms with Crippen LogP contribution in [0.5, 0.6) is 0 Å². The molecule has 6 heteroatoms. The van der Waals surface area contributed by atoms with Gasteiger partial charge in [-0.2, -0.15) is 4.37 Å². The summed E-state index contributed by atoms with van der Waals surface area (Å²) in [5, 5.41) is 4.03. The molecule has 1 aromatic heterocycles. The van der Waals surface area contributed by atoms with E-state index in [1.807, 2.05) is 0 Å². The Bertz CT molecular complexity index is 404. The third-order valence-corrected chi connectivity index (χ3v) is 3.79. The van der Waals surface area contributed by atoms with Crippen LogP contribution in [0.15, 0.2) is 0 Å². The van der Waals surface area contributed by atoms with Gasteiger partial charge in [0.15, 0.2) is 5.82 Å². The van der Waals surface area contributed by atoms with Crippen LogP contribution in [0.25, 0.3) is 0 Å². The van der Waals surface area contributed by atoms with Crippen molar-refractivity contribution in [3.8, 4) is 0 Å². The van der Waals surface area contributed by atoms with Crippen molar-refractivity contribution >= 4 is 28.3 Å². The number of carbonyl (C=O) groups excluding carboxylic acids is 1. The van der Waals surface area contributed by atoms with E-state index in [1.165, 1.54) is 18.0 Å². The second kappa shape index (κ2) is 4.29. The van der Waals surface area contributed by atoms with Crippen molar-refractivity contribution in [3.05, 3.63) is 5.56 Å². The first-order chi connectivity index (χ1) is 7.58. The van der Waals surface area contributed by atoms with Crippen molar-refractivity contribution in [2.75, 3.05) is 11.1 Å². The van der Waals surface area contributed by atoms with E-state index in [9.17, 15) is 4.79 Å². The van der Waals surface area contributed by atoms with Gasteiger partial charge in [0.05, 0.1) is 0 Å². The minimum atomic E-state index is -0.514. The van der Waals surface area contributed by atoms with Gasteiger partial charge in [-0.1, -0.05) is 6.92 Å². The van der Waals surface area contributed by atoms with Gasteiger partial charge in [-0.25, -0.2) is 0 Å². The van der Waals surface area contributed by atoms with E-state index in [1.54, 1.807) is 0 Å². The lowest BCUT2D eigenvalue weighted by atomic mass is 10.1. The molecule has 1 saturated carbocycles. The van der Waals surface area contributed by atoms with Gasteiger partial charge in [0, 0.05) is 6.04 Å². The molecule has 16 heavy (non-hydrogen) atoms. The van der Waals surface area contributed by atoms with Gasteiger partial charge in [0.25, 0.3) is 5.91 Å². The number of aromatic nitrogens is 1. The normalized spacial score (nSPS) is 24.6. The zero-order chi connectivity index (χ0) is 11.7. The van der Waals surface area contributed by atoms with E-state index < -0.39 is 5.91 Å². The number of hydrogen-bond acceptors (Lipinski definition) is 5. The Morgan fingerprint density at radius 3 is 2.88 bits per heavy atom. The molecule has 5 nitrogen and oxygen atoms in total. The standard InChI is InChI=1S/C10H16N4OS/c1-5-2-3-6(4-5)13-10-7(9(12)15)8(11)14-16-10/h5-6,13H,2-4H2,1H3,(H2,11,14)(H2,12,15). The molecule has 1 amide bonds. The summed E-state index contributed by atoms with van der Waals surface area (Å²) in [6, 6.07) is 0.410. The first-order valence-electron chi connectivity index (χ1n) is 5.39. The Hall–Kier alpha value is -1.30. The molecule has 1 fully saturated rings. The number of nitrogens with zero attached hydrogens (tertiary/aromatic N) is 1. The van der Waals surface area contributed by atoms with Crippen LogP contribution in [0, 0.1) is 5.92 Å². The second-order valence-electron chi connectivity index (χ2n) is 4.40. The highest BCUT2D eigenvalue weighted by Gasteiger charge is 2.24. The van der Waals surface area contributed by atoms with Gasteiger partial charge in [0.2, 0.25) is 0 Å². The molecule has 0 radical (unpaired) electrons. The SMILES string of the molecule is CC1CCC(Nc2snc(N)c2C(N)=O)C1. The highest BCUT2D eigenvalue weighted by Crippen LogP contribution is 2.32. The lowest BCUT2D eigenvalue weighted by Gasteiger charge is -2.12. The molecule has 1 aliphatic carbocycles. The smallest absolute Gasteiger partial charge is 0.255 e. The number of hydrogen-bond donors (Lipinski definition) is 3. The first-order valence-corrected chi connectivity index (χ1v) is 6.16. The number of nitrogens with two attached hydrogens (primary N) is 2. The number of anilines is 2. The first kappa shape index (κ1) is 11.2.